The van der Waals surface area contributed by atoms with Crippen molar-refractivity contribution >= 4 is 17.7 Å². The molecule has 2 heterocycles. The quantitative estimate of drug-likeness (QED) is 0.748. The number of rotatable bonds is 4. The van der Waals surface area contributed by atoms with Crippen LogP contribution in [0.2, 0.25) is 0 Å². The molecule has 0 saturated carbocycles. The summed E-state index contributed by atoms with van der Waals surface area (Å²) in [4.78, 5) is 26.1. The van der Waals surface area contributed by atoms with Crippen LogP contribution in [0.4, 0.5) is 10.5 Å². The van der Waals surface area contributed by atoms with E-state index in [1.54, 1.807) is 18.3 Å². The molecular weight excluding hydrogens is 250 g/mol. The molecule has 2 amide bonds. The van der Waals surface area contributed by atoms with E-state index in [9.17, 15) is 9.59 Å². The first-order valence-corrected chi connectivity index (χ1v) is 5.98. The lowest BCUT2D eigenvalue weighted by molar-refractivity contribution is -0.149. The van der Waals surface area contributed by atoms with Gasteiger partial charge in [-0.25, -0.2) is 9.59 Å². The first-order valence-electron chi connectivity index (χ1n) is 5.98. The lowest BCUT2D eigenvalue weighted by Crippen LogP contribution is -2.35. The molecule has 2 unspecified atom stereocenters. The Morgan fingerprint density at radius 2 is 2.32 bits per heavy atom. The van der Waals surface area contributed by atoms with E-state index in [1.807, 2.05) is 0 Å². The first-order chi connectivity index (χ1) is 9.15. The van der Waals surface area contributed by atoms with Crippen LogP contribution in [0.3, 0.4) is 0 Å². The highest BCUT2D eigenvalue weighted by Gasteiger charge is 2.30. The Kier molecular flexibility index (Phi) is 4.30. The van der Waals surface area contributed by atoms with Gasteiger partial charge in [0, 0.05) is 12.7 Å². The molecule has 0 bridgehead atoms. The van der Waals surface area contributed by atoms with E-state index in [4.69, 9.17) is 9.84 Å². The Labute approximate surface area is 110 Å². The molecule has 0 aromatic carbocycles. The van der Waals surface area contributed by atoms with Crippen molar-refractivity contribution in [3.8, 4) is 0 Å². The average molecular weight is 265 g/mol. The van der Waals surface area contributed by atoms with Gasteiger partial charge in [-0.15, -0.1) is 0 Å². The van der Waals surface area contributed by atoms with E-state index in [1.165, 1.54) is 6.20 Å². The predicted molar refractivity (Wildman–Crippen MR) is 66.8 cm³/mol. The molecule has 19 heavy (non-hydrogen) atoms. The molecular formula is C12H15N3O4. The van der Waals surface area contributed by atoms with Crippen molar-refractivity contribution in [2.75, 3.05) is 11.9 Å². The highest BCUT2D eigenvalue weighted by molar-refractivity contribution is 5.88. The molecule has 1 saturated heterocycles. The molecule has 2 atom stereocenters. The average Bonchev–Trinajstić information content (AvgIpc) is 2.86. The summed E-state index contributed by atoms with van der Waals surface area (Å²) in [6.07, 6.45) is 3.25. The number of ether oxygens (including phenoxy) is 1. The number of hydrogen-bond donors (Lipinski definition) is 3. The van der Waals surface area contributed by atoms with Crippen molar-refractivity contribution in [3.63, 3.8) is 0 Å². The standard InChI is InChI=1S/C12H15N3O4/c16-11(17)10-4-3-9(19-10)7-14-12(18)15-8-2-1-5-13-6-8/h1-2,5-6,9-10H,3-4,7H2,(H,16,17)(H2,14,15,18). The smallest absolute Gasteiger partial charge is 0.332 e. The zero-order valence-electron chi connectivity index (χ0n) is 10.2. The molecule has 1 aromatic rings. The fourth-order valence-corrected chi connectivity index (χ4v) is 1.86. The maximum atomic E-state index is 11.6. The van der Waals surface area contributed by atoms with Crippen LogP contribution in [0.15, 0.2) is 24.5 Å². The van der Waals surface area contributed by atoms with Gasteiger partial charge >= 0.3 is 12.0 Å². The number of amides is 2. The molecule has 7 heteroatoms. The van der Waals surface area contributed by atoms with Crippen LogP contribution in [-0.2, 0) is 9.53 Å². The lowest BCUT2D eigenvalue weighted by atomic mass is 10.2. The van der Waals surface area contributed by atoms with Crippen LogP contribution in [-0.4, -0.2) is 40.8 Å². The van der Waals surface area contributed by atoms with E-state index < -0.39 is 12.1 Å². The Balaban J connectivity index is 1.71. The zero-order chi connectivity index (χ0) is 13.7. The second kappa shape index (κ2) is 6.14. The van der Waals surface area contributed by atoms with Gasteiger partial charge in [-0.3, -0.25) is 4.98 Å². The molecule has 1 fully saturated rings. The van der Waals surface area contributed by atoms with Crippen molar-refractivity contribution in [1.29, 1.82) is 0 Å². The van der Waals surface area contributed by atoms with Crippen LogP contribution in [0.1, 0.15) is 12.8 Å². The number of nitrogens with zero attached hydrogens (tertiary/aromatic N) is 1. The van der Waals surface area contributed by atoms with Gasteiger partial charge in [-0.05, 0) is 25.0 Å². The number of aromatic nitrogens is 1. The number of nitrogens with one attached hydrogen (secondary N) is 2. The van der Waals surface area contributed by atoms with Crippen LogP contribution >= 0.6 is 0 Å². The molecule has 0 spiro atoms. The lowest BCUT2D eigenvalue weighted by Gasteiger charge is -2.12. The second-order valence-corrected chi connectivity index (χ2v) is 4.24. The van der Waals surface area contributed by atoms with E-state index in [2.05, 4.69) is 15.6 Å². The van der Waals surface area contributed by atoms with E-state index in [0.29, 0.717) is 18.5 Å². The molecule has 102 valence electrons. The Hall–Kier alpha value is -2.15. The summed E-state index contributed by atoms with van der Waals surface area (Å²) >= 11 is 0. The topological polar surface area (TPSA) is 101 Å². The number of carboxylic acid groups (broad SMARTS) is 1. The Bertz CT molecular complexity index is 452. The Morgan fingerprint density at radius 3 is 2.95 bits per heavy atom. The van der Waals surface area contributed by atoms with Gasteiger partial charge in [0.15, 0.2) is 6.10 Å². The van der Waals surface area contributed by atoms with Gasteiger partial charge in [-0.2, -0.15) is 0 Å². The molecule has 1 aliphatic heterocycles. The molecule has 7 nitrogen and oxygen atoms in total. The number of carbonyl (C=O) groups excluding carboxylic acids is 1. The summed E-state index contributed by atoms with van der Waals surface area (Å²) in [5.74, 6) is -0.956. The van der Waals surface area contributed by atoms with E-state index >= 15 is 0 Å². The summed E-state index contributed by atoms with van der Waals surface area (Å²) < 4.78 is 5.27. The number of urea groups is 1. The molecule has 0 aliphatic carbocycles. The Morgan fingerprint density at radius 1 is 1.47 bits per heavy atom. The predicted octanol–water partition coefficient (Wildman–Crippen LogP) is 0.835. The summed E-state index contributed by atoms with van der Waals surface area (Å²) in [6, 6.07) is 3.07. The number of hydrogen-bond acceptors (Lipinski definition) is 4. The third-order valence-corrected chi connectivity index (χ3v) is 2.79. The van der Waals surface area contributed by atoms with Gasteiger partial charge < -0.3 is 20.5 Å². The van der Waals surface area contributed by atoms with Gasteiger partial charge in [0.1, 0.15) is 0 Å². The zero-order valence-corrected chi connectivity index (χ0v) is 10.2. The normalized spacial score (nSPS) is 21.9. The number of carbonyl (C=O) groups is 2. The second-order valence-electron chi connectivity index (χ2n) is 4.24. The van der Waals surface area contributed by atoms with E-state index in [0.717, 1.165) is 0 Å². The van der Waals surface area contributed by atoms with Crippen molar-refractivity contribution in [2.24, 2.45) is 0 Å². The third-order valence-electron chi connectivity index (χ3n) is 2.79. The summed E-state index contributed by atoms with van der Waals surface area (Å²) in [6.45, 7) is 0.288. The SMILES string of the molecule is O=C(NCC1CCC(C(=O)O)O1)Nc1cccnc1. The summed E-state index contributed by atoms with van der Waals surface area (Å²) in [7, 11) is 0. The fraction of sp³-hybridized carbons (Fsp3) is 0.417. The van der Waals surface area contributed by atoms with E-state index in [-0.39, 0.29) is 18.7 Å². The van der Waals surface area contributed by atoms with Crippen molar-refractivity contribution in [2.45, 2.75) is 25.0 Å². The van der Waals surface area contributed by atoms with Crippen LogP contribution in [0.5, 0.6) is 0 Å². The van der Waals surface area contributed by atoms with Crippen LogP contribution in [0, 0.1) is 0 Å². The van der Waals surface area contributed by atoms with Crippen molar-refractivity contribution in [1.82, 2.24) is 10.3 Å². The fourth-order valence-electron chi connectivity index (χ4n) is 1.86. The minimum atomic E-state index is -0.956. The number of carboxylic acids is 1. The van der Waals surface area contributed by atoms with Crippen LogP contribution in [0.25, 0.3) is 0 Å². The summed E-state index contributed by atoms with van der Waals surface area (Å²) in [5, 5.41) is 14.0. The maximum absolute atomic E-state index is 11.6. The summed E-state index contributed by atoms with van der Waals surface area (Å²) in [5.41, 5.74) is 0.593. The van der Waals surface area contributed by atoms with Crippen molar-refractivity contribution in [3.05, 3.63) is 24.5 Å². The van der Waals surface area contributed by atoms with Gasteiger partial charge in [0.25, 0.3) is 0 Å². The van der Waals surface area contributed by atoms with Gasteiger partial charge in [-0.1, -0.05) is 0 Å². The largest absolute Gasteiger partial charge is 0.479 e. The minimum Gasteiger partial charge on any atom is -0.479 e. The van der Waals surface area contributed by atoms with Gasteiger partial charge in [0.05, 0.1) is 18.0 Å². The number of aliphatic carboxylic acids is 1. The number of anilines is 1. The number of pyridine rings is 1. The monoisotopic (exact) mass is 265 g/mol. The molecule has 1 aliphatic rings. The molecule has 1 aromatic heterocycles. The molecule has 2 rings (SSSR count). The first kappa shape index (κ1) is 13.3. The van der Waals surface area contributed by atoms with Gasteiger partial charge in [0.2, 0.25) is 0 Å². The highest BCUT2D eigenvalue weighted by atomic mass is 16.5. The molecule has 3 N–H and O–H groups in total. The molecule has 0 radical (unpaired) electrons. The third kappa shape index (κ3) is 3.92. The van der Waals surface area contributed by atoms with Crippen LogP contribution < -0.4 is 10.6 Å². The maximum Gasteiger partial charge on any atom is 0.332 e. The minimum absolute atomic E-state index is 0.249. The highest BCUT2D eigenvalue weighted by Crippen LogP contribution is 2.19. The van der Waals surface area contributed by atoms with Crippen molar-refractivity contribution < 1.29 is 19.4 Å².